The van der Waals surface area contributed by atoms with Gasteiger partial charge in [-0.3, -0.25) is 4.79 Å². The normalized spacial score (nSPS) is 26.2. The van der Waals surface area contributed by atoms with E-state index in [9.17, 15) is 4.79 Å². The Morgan fingerprint density at radius 2 is 2.06 bits per heavy atom. The molecule has 0 radical (unpaired) electrons. The number of allylic oxidation sites excluding steroid dienone is 1. The predicted octanol–water partition coefficient (Wildman–Crippen LogP) is 3.09. The minimum Gasteiger partial charge on any atom is -0.412 e. The fourth-order valence-electron chi connectivity index (χ4n) is 2.03. The van der Waals surface area contributed by atoms with Crippen LogP contribution in [0.2, 0.25) is 18.1 Å². The summed E-state index contributed by atoms with van der Waals surface area (Å²) >= 11 is 0. The van der Waals surface area contributed by atoms with Crippen LogP contribution in [-0.2, 0) is 9.22 Å². The van der Waals surface area contributed by atoms with E-state index in [1.807, 2.05) is 6.08 Å². The van der Waals surface area contributed by atoms with E-state index >= 15 is 0 Å². The quantitative estimate of drug-likeness (QED) is 0.473. The summed E-state index contributed by atoms with van der Waals surface area (Å²) in [5, 5.41) is 3.16. The topological polar surface area (TPSA) is 38.3 Å². The average Bonchev–Trinajstić information content (AvgIpc) is 2.20. The number of hydrogen-bond donors (Lipinski definition) is 1. The molecule has 0 unspecified atom stereocenters. The Labute approximate surface area is 112 Å². The smallest absolute Gasteiger partial charge is 0.225 e. The van der Waals surface area contributed by atoms with Crippen LogP contribution < -0.4 is 5.32 Å². The summed E-state index contributed by atoms with van der Waals surface area (Å²) in [6.07, 6.45) is 2.63. The lowest BCUT2D eigenvalue weighted by Crippen LogP contribution is -2.64. The van der Waals surface area contributed by atoms with Gasteiger partial charge in [0.25, 0.3) is 0 Å². The molecule has 1 fully saturated rings. The second kappa shape index (κ2) is 5.17. The molecule has 3 atom stereocenters. The maximum absolute atomic E-state index is 11.5. The van der Waals surface area contributed by atoms with E-state index < -0.39 is 8.32 Å². The van der Waals surface area contributed by atoms with Gasteiger partial charge in [0.05, 0.1) is 18.1 Å². The third kappa shape index (κ3) is 3.04. The van der Waals surface area contributed by atoms with Gasteiger partial charge in [-0.1, -0.05) is 26.8 Å². The van der Waals surface area contributed by atoms with Gasteiger partial charge < -0.3 is 9.74 Å². The summed E-state index contributed by atoms with van der Waals surface area (Å²) < 4.78 is 6.32. The van der Waals surface area contributed by atoms with Crippen molar-refractivity contribution >= 4 is 14.2 Å². The minimum absolute atomic E-state index is 0.0438. The highest BCUT2D eigenvalue weighted by molar-refractivity contribution is 6.74. The number of carbonyl (C=O) groups excluding carboxylic acids is 1. The molecule has 0 spiro atoms. The van der Waals surface area contributed by atoms with Crippen LogP contribution in [0.25, 0.3) is 0 Å². The SMILES string of the molecule is C=CC[C@H]1C(=O)N[C@@H]1[C@@H](C)O[Si](C)(C)C(C)(C)C. The zero-order chi connectivity index (χ0) is 14.1. The standard InChI is InChI=1S/C14H27NO2Si/c1-8-9-11-12(15-13(11)16)10(2)17-18(6,7)14(3,4)5/h8,10-12H,1,9H2,2-7H3,(H,15,16)/t10-,11-,12-/m1/s1. The van der Waals surface area contributed by atoms with Crippen LogP contribution in [0, 0.1) is 5.92 Å². The fourth-order valence-corrected chi connectivity index (χ4v) is 3.46. The monoisotopic (exact) mass is 269 g/mol. The molecule has 0 bridgehead atoms. The Kier molecular flexibility index (Phi) is 4.44. The molecule has 18 heavy (non-hydrogen) atoms. The number of rotatable bonds is 5. The molecule has 4 heteroatoms. The van der Waals surface area contributed by atoms with Gasteiger partial charge >= 0.3 is 0 Å². The zero-order valence-corrected chi connectivity index (χ0v) is 13.5. The lowest BCUT2D eigenvalue weighted by Gasteiger charge is -2.45. The fraction of sp³-hybridized carbons (Fsp3) is 0.786. The van der Waals surface area contributed by atoms with Gasteiger partial charge in [-0.25, -0.2) is 0 Å². The Balaban J connectivity index is 2.64. The number of nitrogens with one attached hydrogen (secondary N) is 1. The van der Waals surface area contributed by atoms with Gasteiger partial charge in [-0.15, -0.1) is 6.58 Å². The van der Waals surface area contributed by atoms with E-state index in [4.69, 9.17) is 4.43 Å². The van der Waals surface area contributed by atoms with Crippen molar-refractivity contribution in [1.29, 1.82) is 0 Å². The van der Waals surface area contributed by atoms with E-state index in [2.05, 4.69) is 52.7 Å². The van der Waals surface area contributed by atoms with Crippen LogP contribution in [0.3, 0.4) is 0 Å². The maximum atomic E-state index is 11.5. The maximum Gasteiger partial charge on any atom is 0.225 e. The van der Waals surface area contributed by atoms with Crippen molar-refractivity contribution in [2.24, 2.45) is 5.92 Å². The summed E-state index contributed by atoms with van der Waals surface area (Å²) in [7, 11) is -1.76. The Morgan fingerprint density at radius 3 is 2.44 bits per heavy atom. The second-order valence-corrected chi connectivity index (χ2v) is 11.5. The second-order valence-electron chi connectivity index (χ2n) is 6.75. The van der Waals surface area contributed by atoms with E-state index in [1.54, 1.807) is 0 Å². The molecule has 1 aliphatic rings. The van der Waals surface area contributed by atoms with E-state index in [1.165, 1.54) is 0 Å². The molecule has 0 aromatic rings. The lowest BCUT2D eigenvalue weighted by molar-refractivity contribution is -0.138. The third-order valence-corrected chi connectivity index (χ3v) is 8.87. The Hall–Kier alpha value is -0.613. The lowest BCUT2D eigenvalue weighted by atomic mass is 9.84. The van der Waals surface area contributed by atoms with Gasteiger partial charge in [0.15, 0.2) is 8.32 Å². The van der Waals surface area contributed by atoms with Gasteiger partial charge in [-0.2, -0.15) is 0 Å². The Bertz CT molecular complexity index is 333. The average molecular weight is 269 g/mol. The highest BCUT2D eigenvalue weighted by atomic mass is 28.4. The first kappa shape index (κ1) is 15.4. The molecular formula is C14H27NO2Si. The molecule has 0 aliphatic carbocycles. The van der Waals surface area contributed by atoms with Gasteiger partial charge in [0.2, 0.25) is 5.91 Å². The number of amides is 1. The molecule has 1 rings (SSSR count). The summed E-state index contributed by atoms with van der Waals surface area (Å²) in [5.41, 5.74) is 0. The van der Waals surface area contributed by atoms with Crippen LogP contribution in [0.5, 0.6) is 0 Å². The van der Waals surface area contributed by atoms with Crippen LogP contribution in [0.15, 0.2) is 12.7 Å². The van der Waals surface area contributed by atoms with Gasteiger partial charge in [-0.05, 0) is 31.5 Å². The van der Waals surface area contributed by atoms with Gasteiger partial charge in [0.1, 0.15) is 0 Å². The zero-order valence-electron chi connectivity index (χ0n) is 12.5. The predicted molar refractivity (Wildman–Crippen MR) is 78.0 cm³/mol. The van der Waals surface area contributed by atoms with Crippen molar-refractivity contribution in [2.45, 2.75) is 64.4 Å². The molecule has 1 amide bonds. The first-order valence-electron chi connectivity index (χ1n) is 6.69. The number of carbonyl (C=O) groups is 1. The van der Waals surface area contributed by atoms with Crippen molar-refractivity contribution < 1.29 is 9.22 Å². The molecule has 0 aromatic heterocycles. The van der Waals surface area contributed by atoms with E-state index in [0.29, 0.717) is 0 Å². The molecule has 1 aliphatic heterocycles. The first-order chi connectivity index (χ1) is 8.10. The highest BCUT2D eigenvalue weighted by Crippen LogP contribution is 2.38. The molecule has 0 saturated carbocycles. The van der Waals surface area contributed by atoms with Crippen LogP contribution in [-0.4, -0.2) is 26.4 Å². The molecule has 3 nitrogen and oxygen atoms in total. The number of β-lactam (4-membered cyclic amide) rings is 1. The minimum atomic E-state index is -1.76. The highest BCUT2D eigenvalue weighted by Gasteiger charge is 2.46. The number of hydrogen-bond acceptors (Lipinski definition) is 2. The molecule has 0 aromatic carbocycles. The van der Waals surface area contributed by atoms with Gasteiger partial charge in [0, 0.05) is 0 Å². The molecule has 1 N–H and O–H groups in total. The van der Waals surface area contributed by atoms with E-state index in [0.717, 1.165) is 6.42 Å². The largest absolute Gasteiger partial charge is 0.412 e. The van der Waals surface area contributed by atoms with Crippen molar-refractivity contribution in [2.75, 3.05) is 0 Å². The summed E-state index contributed by atoms with van der Waals surface area (Å²) in [4.78, 5) is 11.5. The summed E-state index contributed by atoms with van der Waals surface area (Å²) in [5.74, 6) is 0.174. The van der Waals surface area contributed by atoms with E-state index in [-0.39, 0.29) is 29.0 Å². The van der Waals surface area contributed by atoms with Crippen LogP contribution in [0.1, 0.15) is 34.1 Å². The molecular weight excluding hydrogens is 242 g/mol. The molecule has 104 valence electrons. The van der Waals surface area contributed by atoms with Crippen molar-refractivity contribution in [3.8, 4) is 0 Å². The first-order valence-corrected chi connectivity index (χ1v) is 9.60. The van der Waals surface area contributed by atoms with Crippen molar-refractivity contribution in [1.82, 2.24) is 5.32 Å². The summed E-state index contributed by atoms with van der Waals surface area (Å²) in [6.45, 7) is 17.0. The van der Waals surface area contributed by atoms with Crippen LogP contribution in [0.4, 0.5) is 0 Å². The van der Waals surface area contributed by atoms with Crippen LogP contribution >= 0.6 is 0 Å². The third-order valence-electron chi connectivity index (χ3n) is 4.29. The Morgan fingerprint density at radius 1 is 1.50 bits per heavy atom. The summed E-state index contributed by atoms with van der Waals surface area (Å²) in [6, 6.07) is 0.143. The van der Waals surface area contributed by atoms with Crippen molar-refractivity contribution in [3.63, 3.8) is 0 Å². The molecule has 1 heterocycles. The molecule has 1 saturated heterocycles. The van der Waals surface area contributed by atoms with Crippen molar-refractivity contribution in [3.05, 3.63) is 12.7 Å².